The third-order valence-electron chi connectivity index (χ3n) is 3.40. The molecule has 0 saturated carbocycles. The molecule has 1 atom stereocenters. The topological polar surface area (TPSA) is 46.2 Å². The standard InChI is InChI=1S/C16H21NO2S2/c1-4-10-17-15(16-12(2)9-11-20-16)13-5-7-14(8-6-13)21(3,18)19/h5-9,11,15,17H,4,10H2,1-3H3. The first-order chi connectivity index (χ1) is 9.93. The van der Waals surface area contributed by atoms with E-state index in [0.29, 0.717) is 4.90 Å². The first-order valence-corrected chi connectivity index (χ1v) is 9.78. The Balaban J connectivity index is 2.35. The largest absolute Gasteiger partial charge is 0.306 e. The highest BCUT2D eigenvalue weighted by Gasteiger charge is 2.17. The van der Waals surface area contributed by atoms with Crippen molar-refractivity contribution < 1.29 is 8.42 Å². The van der Waals surface area contributed by atoms with Crippen LogP contribution in [-0.4, -0.2) is 21.2 Å². The monoisotopic (exact) mass is 323 g/mol. The Morgan fingerprint density at radius 3 is 2.33 bits per heavy atom. The molecule has 21 heavy (non-hydrogen) atoms. The number of hydrogen-bond acceptors (Lipinski definition) is 4. The van der Waals surface area contributed by atoms with Crippen LogP contribution in [0.25, 0.3) is 0 Å². The van der Waals surface area contributed by atoms with E-state index in [4.69, 9.17) is 0 Å². The Hall–Kier alpha value is -1.17. The van der Waals surface area contributed by atoms with Crippen molar-refractivity contribution in [2.45, 2.75) is 31.2 Å². The highest BCUT2D eigenvalue weighted by atomic mass is 32.2. The van der Waals surface area contributed by atoms with E-state index < -0.39 is 9.84 Å². The molecular weight excluding hydrogens is 302 g/mol. The number of aryl methyl sites for hydroxylation is 1. The number of rotatable bonds is 6. The summed E-state index contributed by atoms with van der Waals surface area (Å²) in [5, 5.41) is 5.64. The van der Waals surface area contributed by atoms with Crippen molar-refractivity contribution in [1.82, 2.24) is 5.32 Å². The van der Waals surface area contributed by atoms with Crippen molar-refractivity contribution in [3.05, 3.63) is 51.7 Å². The fraction of sp³-hybridized carbons (Fsp3) is 0.375. The maximum Gasteiger partial charge on any atom is 0.175 e. The van der Waals surface area contributed by atoms with E-state index in [1.54, 1.807) is 23.5 Å². The minimum atomic E-state index is -3.14. The molecule has 114 valence electrons. The lowest BCUT2D eigenvalue weighted by atomic mass is 10.0. The van der Waals surface area contributed by atoms with E-state index in [1.807, 2.05) is 12.1 Å². The molecule has 0 fully saturated rings. The van der Waals surface area contributed by atoms with Crippen LogP contribution in [0.2, 0.25) is 0 Å². The number of thiophene rings is 1. The number of nitrogens with one attached hydrogen (secondary N) is 1. The average molecular weight is 323 g/mol. The first kappa shape index (κ1) is 16.2. The summed E-state index contributed by atoms with van der Waals surface area (Å²) in [5.41, 5.74) is 2.36. The zero-order chi connectivity index (χ0) is 15.5. The summed E-state index contributed by atoms with van der Waals surface area (Å²) >= 11 is 1.73. The van der Waals surface area contributed by atoms with Crippen LogP contribution in [0.15, 0.2) is 40.6 Å². The Kier molecular flexibility index (Phi) is 5.19. The second kappa shape index (κ2) is 6.73. The van der Waals surface area contributed by atoms with Gasteiger partial charge in [-0.2, -0.15) is 0 Å². The zero-order valence-electron chi connectivity index (χ0n) is 12.6. The van der Waals surface area contributed by atoms with Gasteiger partial charge in [-0.3, -0.25) is 0 Å². The van der Waals surface area contributed by atoms with Gasteiger partial charge in [-0.1, -0.05) is 19.1 Å². The van der Waals surface area contributed by atoms with Crippen LogP contribution in [0, 0.1) is 6.92 Å². The third kappa shape index (κ3) is 3.93. The van der Waals surface area contributed by atoms with Crippen LogP contribution in [0.4, 0.5) is 0 Å². The third-order valence-corrected chi connectivity index (χ3v) is 5.62. The van der Waals surface area contributed by atoms with Crippen molar-refractivity contribution in [3.8, 4) is 0 Å². The summed E-state index contributed by atoms with van der Waals surface area (Å²) in [6, 6.07) is 9.43. The Labute approximate surface area is 130 Å². The lowest BCUT2D eigenvalue weighted by Crippen LogP contribution is -2.23. The second-order valence-corrected chi connectivity index (χ2v) is 8.16. The minimum absolute atomic E-state index is 0.124. The van der Waals surface area contributed by atoms with E-state index in [9.17, 15) is 8.42 Å². The molecule has 1 aromatic carbocycles. The smallest absolute Gasteiger partial charge is 0.175 e. The van der Waals surface area contributed by atoms with E-state index in [-0.39, 0.29) is 6.04 Å². The molecule has 2 aromatic rings. The summed E-state index contributed by atoms with van der Waals surface area (Å²) < 4.78 is 23.1. The Morgan fingerprint density at radius 1 is 1.19 bits per heavy atom. The lowest BCUT2D eigenvalue weighted by molar-refractivity contribution is 0.599. The molecule has 0 aliphatic heterocycles. The quantitative estimate of drug-likeness (QED) is 0.884. The average Bonchev–Trinajstić information content (AvgIpc) is 2.85. The summed E-state index contributed by atoms with van der Waals surface area (Å²) in [6.07, 6.45) is 2.29. The van der Waals surface area contributed by atoms with Gasteiger partial charge in [0.1, 0.15) is 0 Å². The number of benzene rings is 1. The van der Waals surface area contributed by atoms with E-state index in [0.717, 1.165) is 18.5 Å². The van der Waals surface area contributed by atoms with Crippen molar-refractivity contribution in [1.29, 1.82) is 0 Å². The molecule has 1 unspecified atom stereocenters. The molecule has 0 spiro atoms. The van der Waals surface area contributed by atoms with Gasteiger partial charge in [0.2, 0.25) is 0 Å². The minimum Gasteiger partial charge on any atom is -0.306 e. The van der Waals surface area contributed by atoms with Crippen LogP contribution in [0.3, 0.4) is 0 Å². The SMILES string of the molecule is CCCNC(c1ccc(S(C)(=O)=O)cc1)c1sccc1C. The highest BCUT2D eigenvalue weighted by Crippen LogP contribution is 2.30. The number of hydrogen-bond donors (Lipinski definition) is 1. The van der Waals surface area contributed by atoms with Crippen LogP contribution in [0.5, 0.6) is 0 Å². The van der Waals surface area contributed by atoms with E-state index >= 15 is 0 Å². The van der Waals surface area contributed by atoms with Gasteiger partial charge in [0, 0.05) is 11.1 Å². The second-order valence-electron chi connectivity index (χ2n) is 5.20. The zero-order valence-corrected chi connectivity index (χ0v) is 14.2. The molecular formula is C16H21NO2S2. The molecule has 0 amide bonds. The first-order valence-electron chi connectivity index (χ1n) is 7.01. The predicted octanol–water partition coefficient (Wildman–Crippen LogP) is 3.55. The molecule has 1 aromatic heterocycles. The summed E-state index contributed by atoms with van der Waals surface area (Å²) in [6.45, 7) is 5.17. The number of sulfone groups is 1. The molecule has 1 heterocycles. The van der Waals surface area contributed by atoms with Gasteiger partial charge in [0.15, 0.2) is 9.84 Å². The molecule has 0 aliphatic carbocycles. The molecule has 0 bridgehead atoms. The molecule has 3 nitrogen and oxygen atoms in total. The molecule has 1 N–H and O–H groups in total. The van der Waals surface area contributed by atoms with Crippen LogP contribution >= 0.6 is 11.3 Å². The van der Waals surface area contributed by atoms with Crippen LogP contribution in [0.1, 0.15) is 35.4 Å². The van der Waals surface area contributed by atoms with Crippen molar-refractivity contribution in [2.24, 2.45) is 0 Å². The summed E-state index contributed by atoms with van der Waals surface area (Å²) in [5.74, 6) is 0. The van der Waals surface area contributed by atoms with Gasteiger partial charge in [-0.05, 0) is 54.6 Å². The van der Waals surface area contributed by atoms with Crippen molar-refractivity contribution >= 4 is 21.2 Å². The lowest BCUT2D eigenvalue weighted by Gasteiger charge is -2.19. The normalized spacial score (nSPS) is 13.3. The summed E-state index contributed by atoms with van der Waals surface area (Å²) in [7, 11) is -3.14. The molecule has 0 aliphatic rings. The maximum absolute atomic E-state index is 11.6. The van der Waals surface area contributed by atoms with Gasteiger partial charge in [0.05, 0.1) is 10.9 Å². The Morgan fingerprint density at radius 2 is 1.86 bits per heavy atom. The van der Waals surface area contributed by atoms with Crippen LogP contribution in [-0.2, 0) is 9.84 Å². The van der Waals surface area contributed by atoms with Crippen molar-refractivity contribution in [2.75, 3.05) is 12.8 Å². The maximum atomic E-state index is 11.6. The highest BCUT2D eigenvalue weighted by molar-refractivity contribution is 7.90. The van der Waals surface area contributed by atoms with E-state index in [2.05, 4.69) is 30.6 Å². The predicted molar refractivity (Wildman–Crippen MR) is 88.7 cm³/mol. The fourth-order valence-electron chi connectivity index (χ4n) is 2.24. The van der Waals surface area contributed by atoms with Gasteiger partial charge < -0.3 is 5.32 Å². The van der Waals surface area contributed by atoms with Gasteiger partial charge in [-0.15, -0.1) is 11.3 Å². The molecule has 2 rings (SSSR count). The van der Waals surface area contributed by atoms with Gasteiger partial charge in [-0.25, -0.2) is 8.42 Å². The molecule has 0 radical (unpaired) electrons. The molecule has 5 heteroatoms. The van der Waals surface area contributed by atoms with Gasteiger partial charge >= 0.3 is 0 Å². The molecule has 0 saturated heterocycles. The van der Waals surface area contributed by atoms with Crippen molar-refractivity contribution in [3.63, 3.8) is 0 Å². The summed E-state index contributed by atoms with van der Waals surface area (Å²) in [4.78, 5) is 1.65. The Bertz CT molecular complexity index is 687. The van der Waals surface area contributed by atoms with Crippen LogP contribution < -0.4 is 5.32 Å². The fourth-order valence-corrected chi connectivity index (χ4v) is 3.90. The van der Waals surface area contributed by atoms with Gasteiger partial charge in [0.25, 0.3) is 0 Å². The van der Waals surface area contributed by atoms with E-state index in [1.165, 1.54) is 16.7 Å².